The summed E-state index contributed by atoms with van der Waals surface area (Å²) in [5, 5.41) is 24.6. The molecule has 0 aliphatic carbocycles. The van der Waals surface area contributed by atoms with Gasteiger partial charge in [0.05, 0.1) is 26.7 Å². The van der Waals surface area contributed by atoms with Crippen LogP contribution in [-0.2, 0) is 22.4 Å². The number of esters is 1. The predicted octanol–water partition coefficient (Wildman–Crippen LogP) is 8.99. The van der Waals surface area contributed by atoms with E-state index in [4.69, 9.17) is 77.3 Å². The summed E-state index contributed by atoms with van der Waals surface area (Å²) < 4.78 is 16.2. The molecular weight excluding hydrogens is 714 g/mol. The van der Waals surface area contributed by atoms with Gasteiger partial charge in [0.1, 0.15) is 0 Å². The highest BCUT2D eigenvalue weighted by molar-refractivity contribution is 6.38. The molecule has 0 saturated carbocycles. The summed E-state index contributed by atoms with van der Waals surface area (Å²) in [6.45, 7) is 9.39. The average molecular weight is 747 g/mol. The van der Waals surface area contributed by atoms with Crippen LogP contribution in [-0.4, -0.2) is 44.7 Å². The lowest BCUT2D eigenvalue weighted by molar-refractivity contribution is -0.140. The number of aromatic nitrogens is 4. The van der Waals surface area contributed by atoms with Gasteiger partial charge >= 0.3 is 5.97 Å². The molecule has 0 fully saturated rings. The van der Waals surface area contributed by atoms with Crippen LogP contribution in [0, 0.1) is 0 Å². The summed E-state index contributed by atoms with van der Waals surface area (Å²) >= 11 is 30.9. The van der Waals surface area contributed by atoms with E-state index in [1.165, 1.54) is 6.92 Å². The number of carbonyl (C=O) groups excluding carboxylic acids is 1. The van der Waals surface area contributed by atoms with E-state index < -0.39 is 0 Å². The molecule has 0 saturated heterocycles. The Hall–Kier alpha value is -3.12. The molecule has 4 rings (SSSR count). The molecule has 2 N–H and O–H groups in total. The highest BCUT2D eigenvalue weighted by atomic mass is 35.5. The molecule has 4 aromatic rings. The van der Waals surface area contributed by atoms with Crippen LogP contribution in [0.4, 0.5) is 0 Å². The summed E-state index contributed by atoms with van der Waals surface area (Å²) in [4.78, 5) is 22.5. The number of aliphatic hydroxyl groups is 1. The Morgan fingerprint density at radius 2 is 1.26 bits per heavy atom. The van der Waals surface area contributed by atoms with Gasteiger partial charge in [-0.25, -0.2) is 5.10 Å². The fraction of sp³-hybridized carbons (Fsp3) is 0.344. The molecule has 0 unspecified atom stereocenters. The number of benzene rings is 2. The minimum Gasteiger partial charge on any atom is -0.466 e. The molecule has 252 valence electrons. The van der Waals surface area contributed by atoms with Crippen molar-refractivity contribution in [2.75, 3.05) is 13.2 Å². The Bertz CT molecular complexity index is 1720. The second-order valence-corrected chi connectivity index (χ2v) is 12.8. The second kappa shape index (κ2) is 17.9. The van der Waals surface area contributed by atoms with E-state index >= 15 is 0 Å². The Morgan fingerprint density at radius 3 is 1.74 bits per heavy atom. The Labute approximate surface area is 297 Å². The van der Waals surface area contributed by atoms with Crippen molar-refractivity contribution < 1.29 is 24.1 Å². The first-order valence-corrected chi connectivity index (χ1v) is 16.3. The highest BCUT2D eigenvalue weighted by Gasteiger charge is 2.16. The van der Waals surface area contributed by atoms with Crippen LogP contribution in [0.2, 0.25) is 25.2 Å². The molecule has 47 heavy (non-hydrogen) atoms. The Balaban J connectivity index is 0.000000257. The number of H-pyrrole nitrogens is 1. The number of rotatable bonds is 11. The summed E-state index contributed by atoms with van der Waals surface area (Å²) in [5.74, 6) is 0.867. The van der Waals surface area contributed by atoms with Gasteiger partial charge in [0.25, 0.3) is 5.56 Å². The van der Waals surface area contributed by atoms with Gasteiger partial charge in [-0.3, -0.25) is 9.59 Å². The molecule has 0 atom stereocenters. The SMILES string of the molecule is CC(=O)OCCc1cc(Cl)c(Oc2cc(C(C)C)c(=O)[nH]n2)c(Cl)c1.CC(C)c1cc(Oc2c(Cl)cc(CCO)cc2Cl)nnc1Cl. The third-order valence-electron chi connectivity index (χ3n) is 6.43. The van der Waals surface area contributed by atoms with Crippen LogP contribution >= 0.6 is 58.0 Å². The molecule has 0 aliphatic heterocycles. The lowest BCUT2D eigenvalue weighted by Gasteiger charge is -2.12. The number of hydrogen-bond acceptors (Lipinski definition) is 9. The van der Waals surface area contributed by atoms with E-state index in [2.05, 4.69) is 20.4 Å². The molecule has 2 aromatic carbocycles. The van der Waals surface area contributed by atoms with Crippen LogP contribution in [0.3, 0.4) is 0 Å². The minimum atomic E-state index is -0.345. The highest BCUT2D eigenvalue weighted by Crippen LogP contribution is 2.39. The van der Waals surface area contributed by atoms with E-state index in [0.29, 0.717) is 49.4 Å². The van der Waals surface area contributed by atoms with Crippen LogP contribution in [0.15, 0.2) is 41.2 Å². The quantitative estimate of drug-likeness (QED) is 0.144. The van der Waals surface area contributed by atoms with Gasteiger partial charge in [0, 0.05) is 37.6 Å². The topological polar surface area (TPSA) is 137 Å². The average Bonchev–Trinajstić information content (AvgIpc) is 2.98. The van der Waals surface area contributed by atoms with Crippen LogP contribution in [0.5, 0.6) is 23.3 Å². The zero-order valence-electron chi connectivity index (χ0n) is 26.2. The maximum absolute atomic E-state index is 11.7. The van der Waals surface area contributed by atoms with Gasteiger partial charge in [-0.15, -0.1) is 15.3 Å². The number of nitrogens with one attached hydrogen (secondary N) is 1. The molecule has 0 amide bonds. The standard InChI is InChI=1S/C17H18Cl2N2O4.C15H15Cl3N2O2/c1-9(2)12-8-15(20-21-17(12)23)25-16-13(18)6-11(7-14(16)19)4-5-24-10(3)22;1-8(2)10-7-13(19-20-15(10)18)22-14-11(16)5-9(3-4-21)6-12(14)17/h6-9H,4-5H2,1-3H3,(H,21,23);5-8,21H,3-4H2,1-2H3. The van der Waals surface area contributed by atoms with Crippen molar-refractivity contribution in [2.45, 2.75) is 59.3 Å². The fourth-order valence-electron chi connectivity index (χ4n) is 4.07. The molecule has 2 aromatic heterocycles. The van der Waals surface area contributed by atoms with E-state index in [1.807, 2.05) is 27.7 Å². The normalized spacial score (nSPS) is 10.9. The van der Waals surface area contributed by atoms with E-state index in [9.17, 15) is 9.59 Å². The van der Waals surface area contributed by atoms with Crippen molar-refractivity contribution in [3.05, 3.63) is 94.2 Å². The summed E-state index contributed by atoms with van der Waals surface area (Å²) in [7, 11) is 0. The van der Waals surface area contributed by atoms with Crippen LogP contribution in [0.25, 0.3) is 0 Å². The van der Waals surface area contributed by atoms with Crippen molar-refractivity contribution in [1.82, 2.24) is 20.4 Å². The monoisotopic (exact) mass is 744 g/mol. The fourth-order valence-corrected chi connectivity index (χ4v) is 5.60. The molecule has 0 aliphatic rings. The maximum atomic E-state index is 11.7. The molecular formula is C32H33Cl5N4O6. The van der Waals surface area contributed by atoms with Gasteiger partial charge in [-0.2, -0.15) is 0 Å². The first-order chi connectivity index (χ1) is 22.2. The number of aromatic amines is 1. The largest absolute Gasteiger partial charge is 0.466 e. The number of ether oxygens (including phenoxy) is 3. The summed E-state index contributed by atoms with van der Waals surface area (Å²) in [6.07, 6.45) is 0.950. The molecule has 0 radical (unpaired) electrons. The van der Waals surface area contributed by atoms with Gasteiger partial charge < -0.3 is 19.3 Å². The predicted molar refractivity (Wildman–Crippen MR) is 184 cm³/mol. The molecule has 0 spiro atoms. The van der Waals surface area contributed by atoms with Gasteiger partial charge in [-0.05, 0) is 59.2 Å². The van der Waals surface area contributed by atoms with Gasteiger partial charge in [-0.1, -0.05) is 85.7 Å². The smallest absolute Gasteiger partial charge is 0.302 e. The minimum absolute atomic E-state index is 0.0173. The van der Waals surface area contributed by atoms with E-state index in [-0.39, 0.29) is 54.1 Å². The molecule has 2 heterocycles. The number of carbonyl (C=O) groups is 1. The number of aliphatic hydroxyl groups excluding tert-OH is 1. The van der Waals surface area contributed by atoms with Crippen LogP contribution < -0.4 is 15.0 Å². The van der Waals surface area contributed by atoms with Crippen molar-refractivity contribution in [2.24, 2.45) is 0 Å². The lowest BCUT2D eigenvalue weighted by atomic mass is 10.1. The number of nitrogens with zero attached hydrogens (tertiary/aromatic N) is 3. The lowest BCUT2D eigenvalue weighted by Crippen LogP contribution is -2.15. The van der Waals surface area contributed by atoms with E-state index in [0.717, 1.165) is 16.7 Å². The van der Waals surface area contributed by atoms with Gasteiger partial charge in [0.15, 0.2) is 16.7 Å². The van der Waals surface area contributed by atoms with Gasteiger partial charge in [0.2, 0.25) is 11.8 Å². The van der Waals surface area contributed by atoms with Crippen molar-refractivity contribution >= 4 is 64.0 Å². The third-order valence-corrected chi connectivity index (χ3v) is 7.85. The third kappa shape index (κ3) is 11.2. The maximum Gasteiger partial charge on any atom is 0.302 e. The Kier molecular flexibility index (Phi) is 14.6. The first-order valence-electron chi connectivity index (χ1n) is 14.4. The van der Waals surface area contributed by atoms with Crippen LogP contribution in [0.1, 0.15) is 68.7 Å². The van der Waals surface area contributed by atoms with E-state index in [1.54, 1.807) is 36.4 Å². The molecule has 0 bridgehead atoms. The molecule has 15 heteroatoms. The first kappa shape index (κ1) is 38.3. The Morgan fingerprint density at radius 1 is 0.766 bits per heavy atom. The van der Waals surface area contributed by atoms with Crippen molar-refractivity contribution in [1.29, 1.82) is 0 Å². The zero-order valence-corrected chi connectivity index (χ0v) is 29.9. The zero-order chi connectivity index (χ0) is 34.8. The summed E-state index contributed by atoms with van der Waals surface area (Å²) in [5.41, 5.74) is 2.75. The summed E-state index contributed by atoms with van der Waals surface area (Å²) in [6, 6.07) is 10.0. The van der Waals surface area contributed by atoms with Crippen molar-refractivity contribution in [3.63, 3.8) is 0 Å². The second-order valence-electron chi connectivity index (χ2n) is 10.8. The number of halogens is 5. The number of hydrogen-bond donors (Lipinski definition) is 2. The molecule has 10 nitrogen and oxygen atoms in total. The van der Waals surface area contributed by atoms with Crippen molar-refractivity contribution in [3.8, 4) is 23.3 Å².